The summed E-state index contributed by atoms with van der Waals surface area (Å²) < 4.78 is 0. The molecule has 1 heteroatoms. The van der Waals surface area contributed by atoms with Gasteiger partial charge in [0.1, 0.15) is 0 Å². The Bertz CT molecular complexity index is 24.8. The third-order valence-corrected chi connectivity index (χ3v) is 0.454. The third kappa shape index (κ3) is 4.09. The Morgan fingerprint density at radius 2 is 2.60 bits per heavy atom. The number of rotatable bonds is 2. The molecule has 0 aliphatic carbocycles. The first-order chi connectivity index (χ1) is 2.41. The normalized spacial score (nSPS) is 7.40. The Morgan fingerprint density at radius 3 is 2.60 bits per heavy atom. The van der Waals surface area contributed by atoms with Crippen LogP contribution in [0.1, 0.15) is 13.3 Å². The first-order valence-corrected chi connectivity index (χ1v) is 1.95. The quantitative estimate of drug-likeness (QED) is 0.459. The molecule has 0 spiro atoms. The molecule has 0 heterocycles. The zero-order chi connectivity index (χ0) is 4.12. The fourth-order valence-corrected chi connectivity index (χ4v) is 0.250. The second-order valence-corrected chi connectivity index (χ2v) is 1.05. The molecule has 2 radical (unpaired) electrons. The topological polar surface area (TPSA) is 0 Å². The maximum Gasteiger partial charge on any atom is 0.0294 e. The molecule has 0 N–H and O–H groups in total. The molecule has 0 aromatic carbocycles. The lowest BCUT2D eigenvalue weighted by molar-refractivity contribution is 1.31. The summed E-state index contributed by atoms with van der Waals surface area (Å²) in [5.74, 6) is 0. The molecular formula is C4H6S. The lowest BCUT2D eigenvalue weighted by Gasteiger charge is -1.69. The molecule has 0 unspecified atom stereocenters. The van der Waals surface area contributed by atoms with Crippen LogP contribution in [0.4, 0.5) is 0 Å². The van der Waals surface area contributed by atoms with Crippen LogP contribution in [-0.4, -0.2) is 5.37 Å². The molecule has 0 aliphatic heterocycles. The van der Waals surface area contributed by atoms with Gasteiger partial charge in [-0.3, -0.25) is 0 Å². The number of thiocarbonyl (C=S) groups is 1. The van der Waals surface area contributed by atoms with Crippen LogP contribution in [-0.2, 0) is 0 Å². The van der Waals surface area contributed by atoms with E-state index in [4.69, 9.17) is 0 Å². The molecule has 0 aromatic heterocycles. The third-order valence-electron chi connectivity index (χ3n) is 0.287. The van der Waals surface area contributed by atoms with Crippen molar-refractivity contribution in [1.82, 2.24) is 0 Å². The summed E-state index contributed by atoms with van der Waals surface area (Å²) in [6.45, 7) is 1.96. The van der Waals surface area contributed by atoms with E-state index in [2.05, 4.69) is 17.6 Å². The molecule has 0 bridgehead atoms. The SMILES string of the molecule is C[CH]C[C]=S. The van der Waals surface area contributed by atoms with Crippen LogP contribution in [0.2, 0.25) is 0 Å². The van der Waals surface area contributed by atoms with Crippen molar-refractivity contribution in [3.05, 3.63) is 6.42 Å². The molecule has 28 valence electrons. The van der Waals surface area contributed by atoms with Crippen molar-refractivity contribution in [2.75, 3.05) is 0 Å². The predicted molar refractivity (Wildman–Crippen MR) is 27.2 cm³/mol. The second kappa shape index (κ2) is 4.09. The molecular weight excluding hydrogens is 80.1 g/mol. The van der Waals surface area contributed by atoms with E-state index in [0.29, 0.717) is 0 Å². The zero-order valence-electron chi connectivity index (χ0n) is 3.19. The van der Waals surface area contributed by atoms with E-state index >= 15 is 0 Å². The van der Waals surface area contributed by atoms with Gasteiger partial charge in [-0.15, -0.1) is 0 Å². The summed E-state index contributed by atoms with van der Waals surface area (Å²) >= 11 is 4.37. The molecule has 0 atom stereocenters. The number of hydrogen-bond acceptors (Lipinski definition) is 1. The molecule has 0 saturated carbocycles. The van der Waals surface area contributed by atoms with Crippen molar-refractivity contribution in [3.8, 4) is 0 Å². The minimum Gasteiger partial charge on any atom is -0.0837 e. The largest absolute Gasteiger partial charge is 0.0837 e. The highest BCUT2D eigenvalue weighted by Gasteiger charge is 1.65. The van der Waals surface area contributed by atoms with Crippen molar-refractivity contribution in [2.24, 2.45) is 0 Å². The van der Waals surface area contributed by atoms with Gasteiger partial charge in [-0.2, -0.15) is 0 Å². The van der Waals surface area contributed by atoms with Gasteiger partial charge in [0.15, 0.2) is 0 Å². The average molecular weight is 86.2 g/mol. The molecule has 0 nitrogen and oxygen atoms in total. The lowest BCUT2D eigenvalue weighted by Crippen LogP contribution is -1.62. The molecule has 5 heavy (non-hydrogen) atoms. The highest BCUT2D eigenvalue weighted by atomic mass is 32.1. The smallest absolute Gasteiger partial charge is 0.0294 e. The zero-order valence-corrected chi connectivity index (χ0v) is 4.01. The molecule has 0 rings (SSSR count). The fraction of sp³-hybridized carbons (Fsp3) is 0.500. The Kier molecular flexibility index (Phi) is 4.16. The van der Waals surface area contributed by atoms with Gasteiger partial charge < -0.3 is 0 Å². The van der Waals surface area contributed by atoms with Crippen LogP contribution in [0.5, 0.6) is 0 Å². The second-order valence-electron chi connectivity index (χ2n) is 0.757. The van der Waals surface area contributed by atoms with Gasteiger partial charge in [0, 0.05) is 5.37 Å². The van der Waals surface area contributed by atoms with E-state index in [0.717, 1.165) is 6.42 Å². The van der Waals surface area contributed by atoms with Gasteiger partial charge in [-0.1, -0.05) is 19.1 Å². The van der Waals surface area contributed by atoms with E-state index in [9.17, 15) is 0 Å². The molecule has 0 aromatic rings. The van der Waals surface area contributed by atoms with E-state index < -0.39 is 0 Å². The van der Waals surface area contributed by atoms with Crippen molar-refractivity contribution >= 4 is 17.6 Å². The van der Waals surface area contributed by atoms with Crippen molar-refractivity contribution in [3.63, 3.8) is 0 Å². The van der Waals surface area contributed by atoms with Crippen molar-refractivity contribution in [1.29, 1.82) is 0 Å². The first kappa shape index (κ1) is 5.09. The van der Waals surface area contributed by atoms with Crippen LogP contribution in [0.15, 0.2) is 0 Å². The van der Waals surface area contributed by atoms with Crippen LogP contribution in [0.3, 0.4) is 0 Å². The highest BCUT2D eigenvalue weighted by molar-refractivity contribution is 7.78. The summed E-state index contributed by atoms with van der Waals surface area (Å²) in [7, 11) is 0. The van der Waals surface area contributed by atoms with Gasteiger partial charge in [0.25, 0.3) is 0 Å². The fourth-order valence-electron chi connectivity index (χ4n) is 0.0833. The lowest BCUT2D eigenvalue weighted by atomic mass is 10.4. The molecule has 0 fully saturated rings. The van der Waals surface area contributed by atoms with Crippen molar-refractivity contribution < 1.29 is 0 Å². The van der Waals surface area contributed by atoms with Crippen LogP contribution in [0.25, 0.3) is 0 Å². The Balaban J connectivity index is 2.40. The van der Waals surface area contributed by atoms with Crippen LogP contribution in [0, 0.1) is 6.42 Å². The minimum absolute atomic E-state index is 0.829. The van der Waals surface area contributed by atoms with E-state index in [-0.39, 0.29) is 0 Å². The van der Waals surface area contributed by atoms with E-state index in [1.165, 1.54) is 0 Å². The summed E-state index contributed by atoms with van der Waals surface area (Å²) in [6.07, 6.45) is 2.79. The minimum atomic E-state index is 0.829. The monoisotopic (exact) mass is 86.0 g/mol. The molecule has 0 aliphatic rings. The van der Waals surface area contributed by atoms with Crippen LogP contribution < -0.4 is 0 Å². The summed E-state index contributed by atoms with van der Waals surface area (Å²) in [4.78, 5) is 0. The standard InChI is InChI=1S/C4H6S/c1-2-3-4-5/h2H,3H2,1H3. The molecule has 0 amide bonds. The van der Waals surface area contributed by atoms with E-state index in [1.807, 2.05) is 13.3 Å². The average Bonchev–Trinajstić information content (AvgIpc) is 1.41. The Labute approximate surface area is 38.2 Å². The molecule has 0 saturated heterocycles. The summed E-state index contributed by atoms with van der Waals surface area (Å²) in [5, 5.41) is 2.55. The predicted octanol–water partition coefficient (Wildman–Crippen LogP) is 1.48. The maximum absolute atomic E-state index is 4.37. The highest BCUT2D eigenvalue weighted by Crippen LogP contribution is 1.75. The van der Waals surface area contributed by atoms with Gasteiger partial charge in [0.2, 0.25) is 0 Å². The van der Waals surface area contributed by atoms with Crippen LogP contribution >= 0.6 is 12.2 Å². The maximum atomic E-state index is 4.37. The van der Waals surface area contributed by atoms with Gasteiger partial charge in [-0.25, -0.2) is 0 Å². The Morgan fingerprint density at radius 1 is 2.00 bits per heavy atom. The van der Waals surface area contributed by atoms with E-state index in [1.54, 1.807) is 0 Å². The Hall–Kier alpha value is 0.0900. The number of unbranched alkanes of at least 4 members (excludes halogenated alkanes) is 1. The van der Waals surface area contributed by atoms with Crippen molar-refractivity contribution in [2.45, 2.75) is 13.3 Å². The summed E-state index contributed by atoms with van der Waals surface area (Å²) in [5.41, 5.74) is 0. The van der Waals surface area contributed by atoms with Gasteiger partial charge in [0.05, 0.1) is 0 Å². The van der Waals surface area contributed by atoms with Gasteiger partial charge in [-0.05, 0) is 12.8 Å². The first-order valence-electron chi connectivity index (χ1n) is 1.54. The van der Waals surface area contributed by atoms with Gasteiger partial charge >= 0.3 is 0 Å². The number of hydrogen-bond donors (Lipinski definition) is 0. The summed E-state index contributed by atoms with van der Waals surface area (Å²) in [6, 6.07) is 0.